The minimum absolute atomic E-state index is 0.00185. The van der Waals surface area contributed by atoms with Crippen molar-refractivity contribution in [1.82, 2.24) is 0 Å². The molecule has 72 valence electrons. The van der Waals surface area contributed by atoms with Gasteiger partial charge in [-0.15, -0.1) is 0 Å². The van der Waals surface area contributed by atoms with E-state index in [1.807, 2.05) is 0 Å². The molecule has 0 spiro atoms. The Morgan fingerprint density at radius 2 is 2.15 bits per heavy atom. The fraction of sp³-hybridized carbons (Fsp3) is 0.333. The summed E-state index contributed by atoms with van der Waals surface area (Å²) in [5.41, 5.74) is 0.778. The molecule has 0 fully saturated rings. The van der Waals surface area contributed by atoms with E-state index < -0.39 is 6.61 Å². The fourth-order valence-electron chi connectivity index (χ4n) is 1.01. The molecule has 0 atom stereocenters. The first kappa shape index (κ1) is 9.92. The molecule has 0 radical (unpaired) electrons. The smallest absolute Gasteiger partial charge is 0.387 e. The Kier molecular flexibility index (Phi) is 3.64. The van der Waals surface area contributed by atoms with E-state index in [1.165, 1.54) is 12.1 Å². The van der Waals surface area contributed by atoms with Gasteiger partial charge in [0, 0.05) is 6.61 Å². The summed E-state index contributed by atoms with van der Waals surface area (Å²) >= 11 is 0. The van der Waals surface area contributed by atoms with Gasteiger partial charge in [-0.3, -0.25) is 0 Å². The second kappa shape index (κ2) is 4.77. The number of aliphatic hydroxyl groups is 1. The Balaban J connectivity index is 2.67. The Labute approximate surface area is 74.8 Å². The van der Waals surface area contributed by atoms with Crippen molar-refractivity contribution >= 4 is 0 Å². The highest BCUT2D eigenvalue weighted by atomic mass is 19.3. The molecule has 0 aliphatic rings. The molecule has 0 saturated carbocycles. The highest BCUT2D eigenvalue weighted by Gasteiger charge is 2.03. The summed E-state index contributed by atoms with van der Waals surface area (Å²) in [4.78, 5) is 0. The van der Waals surface area contributed by atoms with Gasteiger partial charge >= 0.3 is 6.61 Å². The van der Waals surface area contributed by atoms with Crippen molar-refractivity contribution in [2.45, 2.75) is 13.0 Å². The zero-order valence-electron chi connectivity index (χ0n) is 6.91. The lowest BCUT2D eigenvalue weighted by Gasteiger charge is -2.05. The second-order valence-electron chi connectivity index (χ2n) is 2.50. The standard InChI is InChI=1S/C9H10F2O2/c10-9(11)13-8-3-1-2-7(6-8)4-5-12/h1-3,6,9,12H,4-5H2. The van der Waals surface area contributed by atoms with Crippen molar-refractivity contribution in [3.8, 4) is 5.75 Å². The topological polar surface area (TPSA) is 29.5 Å². The minimum Gasteiger partial charge on any atom is -0.435 e. The van der Waals surface area contributed by atoms with Gasteiger partial charge in [-0.25, -0.2) is 0 Å². The molecule has 0 aromatic heterocycles. The third-order valence-electron chi connectivity index (χ3n) is 1.52. The van der Waals surface area contributed by atoms with Gasteiger partial charge in [0.25, 0.3) is 0 Å². The number of hydrogen-bond acceptors (Lipinski definition) is 2. The predicted octanol–water partition coefficient (Wildman–Crippen LogP) is 1.82. The molecule has 0 amide bonds. The first-order chi connectivity index (χ1) is 6.22. The van der Waals surface area contributed by atoms with E-state index in [1.54, 1.807) is 12.1 Å². The highest BCUT2D eigenvalue weighted by molar-refractivity contribution is 5.28. The van der Waals surface area contributed by atoms with Gasteiger partial charge in [0.15, 0.2) is 0 Å². The Morgan fingerprint density at radius 1 is 1.38 bits per heavy atom. The monoisotopic (exact) mass is 188 g/mol. The van der Waals surface area contributed by atoms with Crippen molar-refractivity contribution in [2.24, 2.45) is 0 Å². The summed E-state index contributed by atoms with van der Waals surface area (Å²) < 4.78 is 27.7. The van der Waals surface area contributed by atoms with Crippen LogP contribution in [-0.4, -0.2) is 18.3 Å². The van der Waals surface area contributed by atoms with Crippen molar-refractivity contribution in [3.63, 3.8) is 0 Å². The van der Waals surface area contributed by atoms with Crippen molar-refractivity contribution < 1.29 is 18.6 Å². The van der Waals surface area contributed by atoms with Crippen molar-refractivity contribution in [3.05, 3.63) is 29.8 Å². The summed E-state index contributed by atoms with van der Waals surface area (Å²) in [7, 11) is 0. The molecule has 0 aliphatic heterocycles. The Bertz CT molecular complexity index is 264. The number of hydrogen-bond donors (Lipinski definition) is 1. The molecule has 0 saturated heterocycles. The summed E-state index contributed by atoms with van der Waals surface area (Å²) in [6.45, 7) is -2.80. The first-order valence-electron chi connectivity index (χ1n) is 3.87. The van der Waals surface area contributed by atoms with Crippen molar-refractivity contribution in [2.75, 3.05) is 6.61 Å². The lowest BCUT2D eigenvalue weighted by molar-refractivity contribution is -0.0498. The van der Waals surface area contributed by atoms with E-state index in [2.05, 4.69) is 4.74 Å². The Morgan fingerprint density at radius 3 is 2.77 bits per heavy atom. The van der Waals surface area contributed by atoms with E-state index in [-0.39, 0.29) is 12.4 Å². The quantitative estimate of drug-likeness (QED) is 0.781. The van der Waals surface area contributed by atoms with Gasteiger partial charge < -0.3 is 9.84 Å². The van der Waals surface area contributed by atoms with Gasteiger partial charge in [0.2, 0.25) is 0 Å². The first-order valence-corrected chi connectivity index (χ1v) is 3.87. The van der Waals surface area contributed by atoms with Gasteiger partial charge in [-0.2, -0.15) is 8.78 Å². The third-order valence-corrected chi connectivity index (χ3v) is 1.52. The summed E-state index contributed by atoms with van der Waals surface area (Å²) in [5, 5.41) is 8.60. The number of alkyl halides is 2. The maximum Gasteiger partial charge on any atom is 0.387 e. The molecule has 2 nitrogen and oxygen atoms in total. The van der Waals surface area contributed by atoms with E-state index in [4.69, 9.17) is 5.11 Å². The minimum atomic E-state index is -2.80. The van der Waals surface area contributed by atoms with Crippen LogP contribution in [-0.2, 0) is 6.42 Å². The van der Waals surface area contributed by atoms with Crippen LogP contribution in [0.1, 0.15) is 5.56 Å². The highest BCUT2D eigenvalue weighted by Crippen LogP contribution is 2.15. The zero-order valence-corrected chi connectivity index (χ0v) is 6.91. The normalized spacial score (nSPS) is 10.5. The third kappa shape index (κ3) is 3.38. The van der Waals surface area contributed by atoms with Crippen LogP contribution in [0.15, 0.2) is 24.3 Å². The van der Waals surface area contributed by atoms with E-state index in [0.29, 0.717) is 6.42 Å². The lowest BCUT2D eigenvalue weighted by Crippen LogP contribution is -2.02. The molecule has 1 rings (SSSR count). The van der Waals surface area contributed by atoms with Crippen LogP contribution in [0.3, 0.4) is 0 Å². The largest absolute Gasteiger partial charge is 0.435 e. The zero-order chi connectivity index (χ0) is 9.68. The van der Waals surface area contributed by atoms with Gasteiger partial charge in [0.1, 0.15) is 5.75 Å². The van der Waals surface area contributed by atoms with E-state index in [9.17, 15) is 8.78 Å². The summed E-state index contributed by atoms with van der Waals surface area (Å²) in [6.07, 6.45) is 0.445. The van der Waals surface area contributed by atoms with Crippen LogP contribution >= 0.6 is 0 Å². The molecule has 1 aromatic rings. The number of ether oxygens (including phenoxy) is 1. The lowest BCUT2D eigenvalue weighted by atomic mass is 10.1. The van der Waals surface area contributed by atoms with Gasteiger partial charge in [-0.05, 0) is 24.1 Å². The molecule has 0 bridgehead atoms. The number of rotatable bonds is 4. The number of halogens is 2. The van der Waals surface area contributed by atoms with E-state index >= 15 is 0 Å². The maximum atomic E-state index is 11.8. The van der Waals surface area contributed by atoms with Crippen LogP contribution in [0.4, 0.5) is 8.78 Å². The molecular formula is C9H10F2O2. The van der Waals surface area contributed by atoms with Crippen LogP contribution in [0.2, 0.25) is 0 Å². The van der Waals surface area contributed by atoms with Crippen LogP contribution in [0, 0.1) is 0 Å². The fourth-order valence-corrected chi connectivity index (χ4v) is 1.01. The molecule has 1 N–H and O–H groups in total. The van der Waals surface area contributed by atoms with E-state index in [0.717, 1.165) is 5.56 Å². The summed E-state index contributed by atoms with van der Waals surface area (Å²) in [6, 6.07) is 6.30. The predicted molar refractivity (Wildman–Crippen MR) is 43.9 cm³/mol. The SMILES string of the molecule is OCCc1cccc(OC(F)F)c1. The molecule has 0 unspecified atom stereocenters. The molecular weight excluding hydrogens is 178 g/mol. The van der Waals surface area contributed by atoms with Crippen LogP contribution in [0.25, 0.3) is 0 Å². The molecule has 1 aromatic carbocycles. The maximum absolute atomic E-state index is 11.8. The van der Waals surface area contributed by atoms with Crippen molar-refractivity contribution in [1.29, 1.82) is 0 Å². The van der Waals surface area contributed by atoms with Gasteiger partial charge in [0.05, 0.1) is 0 Å². The number of aliphatic hydroxyl groups excluding tert-OH is 1. The average Bonchev–Trinajstić information content (AvgIpc) is 2.04. The molecule has 13 heavy (non-hydrogen) atoms. The second-order valence-corrected chi connectivity index (χ2v) is 2.50. The molecule has 0 aliphatic carbocycles. The Hall–Kier alpha value is -1.16. The molecule has 4 heteroatoms. The number of benzene rings is 1. The van der Waals surface area contributed by atoms with Crippen LogP contribution in [0.5, 0.6) is 5.75 Å². The molecule has 0 heterocycles. The summed E-state index contributed by atoms with van der Waals surface area (Å²) in [5.74, 6) is 0.126. The van der Waals surface area contributed by atoms with Crippen LogP contribution < -0.4 is 4.74 Å². The van der Waals surface area contributed by atoms with Gasteiger partial charge in [-0.1, -0.05) is 12.1 Å². The average molecular weight is 188 g/mol.